The van der Waals surface area contributed by atoms with E-state index in [1.165, 1.54) is 6.92 Å². The normalized spacial score (nSPS) is 15.3. The zero-order valence-corrected chi connectivity index (χ0v) is 25.4. The van der Waals surface area contributed by atoms with Crippen LogP contribution in [0.3, 0.4) is 0 Å². The van der Waals surface area contributed by atoms with Gasteiger partial charge in [-0.15, -0.1) is 0 Å². The van der Waals surface area contributed by atoms with Crippen LogP contribution in [-0.2, 0) is 13.0 Å². The van der Waals surface area contributed by atoms with Crippen molar-refractivity contribution in [1.29, 1.82) is 0 Å². The van der Waals surface area contributed by atoms with Crippen LogP contribution < -0.4 is 10.3 Å². The average molecular weight is 615 g/mol. The Morgan fingerprint density at radius 2 is 1.76 bits per heavy atom. The van der Waals surface area contributed by atoms with Gasteiger partial charge in [0.15, 0.2) is 5.78 Å². The van der Waals surface area contributed by atoms with Crippen molar-refractivity contribution in [2.45, 2.75) is 52.6 Å². The maximum Gasteiger partial charge on any atom is 0.261 e. The number of aromatic nitrogens is 2. The van der Waals surface area contributed by atoms with Crippen LogP contribution in [0.1, 0.15) is 75.6 Å². The minimum atomic E-state index is -0.270. The number of ketones is 1. The van der Waals surface area contributed by atoms with Crippen LogP contribution in [0.15, 0.2) is 76.0 Å². The van der Waals surface area contributed by atoms with Crippen molar-refractivity contribution in [3.63, 3.8) is 0 Å². The molecule has 0 radical (unpaired) electrons. The average Bonchev–Trinajstić information content (AvgIpc) is 2.98. The van der Waals surface area contributed by atoms with E-state index in [9.17, 15) is 14.4 Å². The first-order chi connectivity index (χ1) is 19.6. The lowest BCUT2D eigenvalue weighted by molar-refractivity contribution is 0.0652. The van der Waals surface area contributed by atoms with E-state index < -0.39 is 0 Å². The molecule has 0 N–H and O–H groups in total. The number of Topliss-reactive ketones (excluding diaryl/α,β-unsaturated/α-hetero) is 1. The smallest absolute Gasteiger partial charge is 0.261 e. The molecule has 3 aromatic carbocycles. The summed E-state index contributed by atoms with van der Waals surface area (Å²) in [7, 11) is 1.62. The van der Waals surface area contributed by atoms with Gasteiger partial charge in [-0.2, -0.15) is 0 Å². The monoisotopic (exact) mass is 613 g/mol. The van der Waals surface area contributed by atoms with E-state index in [1.54, 1.807) is 40.8 Å². The van der Waals surface area contributed by atoms with Gasteiger partial charge in [0.25, 0.3) is 11.5 Å². The van der Waals surface area contributed by atoms with Gasteiger partial charge in [0, 0.05) is 33.1 Å². The summed E-state index contributed by atoms with van der Waals surface area (Å²) in [4.78, 5) is 46.6. The molecule has 0 bridgehead atoms. The summed E-state index contributed by atoms with van der Waals surface area (Å²) in [6.07, 6.45) is 0.391. The molecule has 1 aromatic heterocycles. The number of ether oxygens (including phenoxy) is 1. The molecule has 2 unspecified atom stereocenters. The highest BCUT2D eigenvalue weighted by Gasteiger charge is 2.33. The largest absolute Gasteiger partial charge is 0.497 e. The summed E-state index contributed by atoms with van der Waals surface area (Å²) >= 11 is 3.51. The first kappa shape index (κ1) is 28.5. The van der Waals surface area contributed by atoms with Crippen LogP contribution in [0, 0.1) is 6.92 Å². The van der Waals surface area contributed by atoms with Gasteiger partial charge in [-0.25, -0.2) is 4.98 Å². The molecule has 8 heteroatoms. The van der Waals surface area contributed by atoms with Gasteiger partial charge < -0.3 is 9.64 Å². The van der Waals surface area contributed by atoms with Gasteiger partial charge in [0.1, 0.15) is 11.6 Å². The Bertz CT molecular complexity index is 1710. The number of amides is 1. The van der Waals surface area contributed by atoms with Crippen LogP contribution >= 0.6 is 15.9 Å². The second-order valence-corrected chi connectivity index (χ2v) is 11.4. The molecule has 0 fully saturated rings. The minimum Gasteiger partial charge on any atom is -0.497 e. The zero-order chi connectivity index (χ0) is 29.4. The van der Waals surface area contributed by atoms with E-state index in [0.717, 1.165) is 15.6 Å². The van der Waals surface area contributed by atoms with Crippen molar-refractivity contribution >= 4 is 27.6 Å². The van der Waals surface area contributed by atoms with Crippen LogP contribution in [-0.4, -0.2) is 39.3 Å². The third-order valence-corrected chi connectivity index (χ3v) is 8.71. The molecule has 0 saturated heterocycles. The third-order valence-electron chi connectivity index (χ3n) is 7.82. The van der Waals surface area contributed by atoms with Gasteiger partial charge >= 0.3 is 0 Å². The molecule has 0 saturated carbocycles. The molecule has 1 aliphatic rings. The van der Waals surface area contributed by atoms with Crippen LogP contribution in [0.2, 0.25) is 0 Å². The molecule has 41 heavy (non-hydrogen) atoms. The molecular weight excluding hydrogens is 582 g/mol. The summed E-state index contributed by atoms with van der Waals surface area (Å²) in [6, 6.07) is 20.1. The van der Waals surface area contributed by atoms with Gasteiger partial charge in [-0.1, -0.05) is 35.0 Å². The highest BCUT2D eigenvalue weighted by Crippen LogP contribution is 2.30. The molecule has 1 amide bonds. The predicted octanol–water partition coefficient (Wildman–Crippen LogP) is 6.25. The summed E-state index contributed by atoms with van der Waals surface area (Å²) < 4.78 is 8.04. The fourth-order valence-electron chi connectivity index (χ4n) is 5.34. The van der Waals surface area contributed by atoms with E-state index in [2.05, 4.69) is 15.9 Å². The number of hydrogen-bond donors (Lipinski definition) is 0. The summed E-state index contributed by atoms with van der Waals surface area (Å²) in [5, 5.41) is 0. The maximum absolute atomic E-state index is 14.2. The molecule has 2 atom stereocenters. The molecule has 210 valence electrons. The molecule has 4 aromatic rings. The summed E-state index contributed by atoms with van der Waals surface area (Å²) in [5.74, 6) is 0.860. The van der Waals surface area contributed by atoms with Gasteiger partial charge in [0.05, 0.1) is 25.0 Å². The first-order valence-corrected chi connectivity index (χ1v) is 14.4. The molecule has 0 spiro atoms. The molecule has 5 rings (SSSR count). The van der Waals surface area contributed by atoms with E-state index >= 15 is 0 Å². The summed E-state index contributed by atoms with van der Waals surface area (Å²) in [5.41, 5.74) is 4.78. The fourth-order valence-corrected chi connectivity index (χ4v) is 5.58. The number of hydrogen-bond acceptors (Lipinski definition) is 5. The Morgan fingerprint density at radius 1 is 1.05 bits per heavy atom. The topological polar surface area (TPSA) is 81.5 Å². The van der Waals surface area contributed by atoms with Crippen molar-refractivity contribution in [2.75, 3.05) is 7.11 Å². The number of rotatable bonds is 6. The number of benzene rings is 3. The summed E-state index contributed by atoms with van der Waals surface area (Å²) in [6.45, 7) is 7.67. The number of halogens is 1. The number of aryl methyl sites for hydroxylation is 1. The SMILES string of the molecule is COc1cccc(C(C)c2nc3c(c(=O)n2-c2ccc(C(C)=O)cc2)CC(C)N(C(=O)c2ccc(Br)c(C)c2)C3)c1. The van der Waals surface area contributed by atoms with Crippen molar-refractivity contribution in [3.05, 3.63) is 121 Å². The quantitative estimate of drug-likeness (QED) is 0.240. The highest BCUT2D eigenvalue weighted by atomic mass is 79.9. The van der Waals surface area contributed by atoms with E-state index in [4.69, 9.17) is 9.72 Å². The minimum absolute atomic E-state index is 0.0445. The number of carbonyl (C=O) groups is 2. The fraction of sp³-hybridized carbons (Fsp3) is 0.273. The Morgan fingerprint density at radius 3 is 2.41 bits per heavy atom. The van der Waals surface area contributed by atoms with Gasteiger partial charge in [-0.05, 0) is 92.9 Å². The standard InChI is InChI=1S/C33H32BrN3O4/c1-19-15-25(11-14-29(19)34)32(39)36-18-30-28(16-20(36)2)33(40)37(26-12-9-23(10-13-26)22(4)38)31(35-30)21(3)24-7-6-8-27(17-24)41-5/h6-15,17,20-21H,16,18H2,1-5H3. The number of methoxy groups -OCH3 is 1. The van der Waals surface area contributed by atoms with E-state index in [1.807, 2.05) is 63.2 Å². The number of carbonyl (C=O) groups excluding carboxylic acids is 2. The van der Waals surface area contributed by atoms with Crippen molar-refractivity contribution in [2.24, 2.45) is 0 Å². The molecule has 1 aliphatic heterocycles. The van der Waals surface area contributed by atoms with Crippen LogP contribution in [0.5, 0.6) is 5.75 Å². The first-order valence-electron chi connectivity index (χ1n) is 13.6. The van der Waals surface area contributed by atoms with Gasteiger partial charge in [-0.3, -0.25) is 19.0 Å². The predicted molar refractivity (Wildman–Crippen MR) is 162 cm³/mol. The maximum atomic E-state index is 14.2. The molecule has 0 aliphatic carbocycles. The highest BCUT2D eigenvalue weighted by molar-refractivity contribution is 9.10. The lowest BCUT2D eigenvalue weighted by Crippen LogP contribution is -2.46. The molecular formula is C33H32BrN3O4. The zero-order valence-electron chi connectivity index (χ0n) is 23.8. The number of fused-ring (bicyclic) bond motifs is 1. The molecule has 2 heterocycles. The lowest BCUT2D eigenvalue weighted by atomic mass is 9.95. The Kier molecular flexibility index (Phi) is 7.95. The third kappa shape index (κ3) is 5.48. The van der Waals surface area contributed by atoms with Crippen molar-refractivity contribution in [3.8, 4) is 11.4 Å². The Balaban J connectivity index is 1.64. The second kappa shape index (κ2) is 11.4. The van der Waals surface area contributed by atoms with Crippen molar-refractivity contribution < 1.29 is 14.3 Å². The number of nitrogens with zero attached hydrogens (tertiary/aromatic N) is 3. The lowest BCUT2D eigenvalue weighted by Gasteiger charge is -2.35. The van der Waals surface area contributed by atoms with Crippen LogP contribution in [0.25, 0.3) is 5.69 Å². The van der Waals surface area contributed by atoms with Crippen LogP contribution in [0.4, 0.5) is 0 Å². The molecule has 7 nitrogen and oxygen atoms in total. The van der Waals surface area contributed by atoms with Crippen molar-refractivity contribution in [1.82, 2.24) is 14.5 Å². The Hall–Kier alpha value is -4.04. The Labute approximate surface area is 247 Å². The van der Waals surface area contributed by atoms with E-state index in [-0.39, 0.29) is 35.8 Å². The van der Waals surface area contributed by atoms with Gasteiger partial charge in [0.2, 0.25) is 0 Å². The second-order valence-electron chi connectivity index (χ2n) is 10.6. The van der Waals surface area contributed by atoms with E-state index in [0.29, 0.717) is 46.1 Å².